The number of halogens is 4. The summed E-state index contributed by atoms with van der Waals surface area (Å²) in [6, 6.07) is 7.92. The molecule has 0 spiro atoms. The van der Waals surface area contributed by atoms with E-state index in [-0.39, 0.29) is 70.7 Å². The number of hydrogen-bond donors (Lipinski definition) is 1. The molecule has 3 aromatic carbocycles. The standard InChI is InChI=1S/C33H26ClF3N4O6/c1-44-27-9-17(32(42)43)8-26-30(27)39-28(41(26)14-19-4-6-45-19)12-21-20-5-7-46-31(20)22(11-24(21)36)29-25(37)13-38-33(40-29)47-15-16-2-3-18(34)10-23(16)35/h2-3,8-11,13,19H,4-7,12,14-15H2,1H3,(H,42,43)/t19-/m0/s1. The van der Waals surface area contributed by atoms with E-state index >= 15 is 8.78 Å². The molecule has 0 radical (unpaired) electrons. The van der Waals surface area contributed by atoms with Gasteiger partial charge in [0.1, 0.15) is 46.8 Å². The Balaban J connectivity index is 1.26. The number of carbonyl (C=O) groups is 1. The summed E-state index contributed by atoms with van der Waals surface area (Å²) >= 11 is 5.81. The molecule has 0 amide bonds. The van der Waals surface area contributed by atoms with Crippen LogP contribution in [0.15, 0.2) is 42.6 Å². The Labute approximate surface area is 270 Å². The third-order valence-electron chi connectivity index (χ3n) is 8.27. The third kappa shape index (κ3) is 5.80. The summed E-state index contributed by atoms with van der Waals surface area (Å²) in [6.07, 6.45) is 1.97. The summed E-state index contributed by atoms with van der Waals surface area (Å²) in [4.78, 5) is 24.7. The number of nitrogens with zero attached hydrogens (tertiary/aromatic N) is 4. The van der Waals surface area contributed by atoms with Crippen LogP contribution in [0.3, 0.4) is 0 Å². The van der Waals surface area contributed by atoms with Gasteiger partial charge in [0, 0.05) is 46.7 Å². The molecule has 7 rings (SSSR count). The lowest BCUT2D eigenvalue weighted by molar-refractivity contribution is -0.0589. The molecular formula is C33H26ClF3N4O6. The molecule has 1 fully saturated rings. The van der Waals surface area contributed by atoms with Crippen molar-refractivity contribution in [1.29, 1.82) is 0 Å². The van der Waals surface area contributed by atoms with Crippen molar-refractivity contribution in [3.8, 4) is 28.8 Å². The van der Waals surface area contributed by atoms with Crippen LogP contribution in [0, 0.1) is 17.5 Å². The second kappa shape index (κ2) is 12.4. The van der Waals surface area contributed by atoms with Gasteiger partial charge in [-0.05, 0) is 36.8 Å². The van der Waals surface area contributed by atoms with Crippen molar-refractivity contribution in [2.24, 2.45) is 0 Å². The van der Waals surface area contributed by atoms with Crippen molar-refractivity contribution in [3.63, 3.8) is 0 Å². The van der Waals surface area contributed by atoms with Gasteiger partial charge < -0.3 is 28.6 Å². The topological polar surface area (TPSA) is 118 Å². The SMILES string of the molecule is COc1cc(C(=O)O)cc2c1nc(Cc1c(F)cc(-c3nc(OCc4ccc(Cl)cc4F)ncc3F)c3c1CCO3)n2C[C@@H]1CCO1. The molecule has 4 heterocycles. The highest BCUT2D eigenvalue weighted by Crippen LogP contribution is 2.42. The van der Waals surface area contributed by atoms with E-state index in [1.54, 1.807) is 0 Å². The predicted octanol–water partition coefficient (Wildman–Crippen LogP) is 6.16. The van der Waals surface area contributed by atoms with E-state index in [0.717, 1.165) is 24.8 Å². The van der Waals surface area contributed by atoms with Gasteiger partial charge in [0.25, 0.3) is 0 Å². The summed E-state index contributed by atoms with van der Waals surface area (Å²) < 4.78 is 69.9. The molecule has 242 valence electrons. The molecule has 2 aromatic heterocycles. The van der Waals surface area contributed by atoms with E-state index in [4.69, 9.17) is 35.5 Å². The van der Waals surface area contributed by atoms with Gasteiger partial charge in [-0.25, -0.2) is 27.9 Å². The Hall–Kier alpha value is -4.88. The number of ether oxygens (including phenoxy) is 4. The maximum Gasteiger partial charge on any atom is 0.335 e. The van der Waals surface area contributed by atoms with E-state index in [2.05, 4.69) is 9.97 Å². The van der Waals surface area contributed by atoms with Crippen molar-refractivity contribution in [2.75, 3.05) is 20.3 Å². The fraction of sp³-hybridized carbons (Fsp3) is 0.273. The number of imidazole rings is 1. The number of methoxy groups -OCH3 is 1. The summed E-state index contributed by atoms with van der Waals surface area (Å²) in [5.74, 6) is -2.17. The zero-order chi connectivity index (χ0) is 32.8. The van der Waals surface area contributed by atoms with E-state index in [1.165, 1.54) is 31.4 Å². The number of hydrogen-bond acceptors (Lipinski definition) is 8. The fourth-order valence-electron chi connectivity index (χ4n) is 5.81. The van der Waals surface area contributed by atoms with Gasteiger partial charge in [-0.2, -0.15) is 4.98 Å². The number of aromatic nitrogens is 4. The fourth-order valence-corrected chi connectivity index (χ4v) is 5.97. The zero-order valence-corrected chi connectivity index (χ0v) is 25.6. The molecule has 1 N–H and O–H groups in total. The van der Waals surface area contributed by atoms with Crippen LogP contribution in [0.2, 0.25) is 5.02 Å². The minimum Gasteiger partial charge on any atom is -0.494 e. The maximum absolute atomic E-state index is 16.1. The van der Waals surface area contributed by atoms with Gasteiger partial charge in [0.2, 0.25) is 0 Å². The van der Waals surface area contributed by atoms with Crippen LogP contribution < -0.4 is 14.2 Å². The van der Waals surface area contributed by atoms with Crippen molar-refractivity contribution < 1.29 is 42.0 Å². The number of carboxylic acids is 1. The molecule has 0 bridgehead atoms. The molecule has 14 heteroatoms. The second-order valence-electron chi connectivity index (χ2n) is 11.1. The van der Waals surface area contributed by atoms with E-state index in [9.17, 15) is 14.3 Å². The van der Waals surface area contributed by atoms with Gasteiger partial charge >= 0.3 is 12.0 Å². The van der Waals surface area contributed by atoms with Crippen LogP contribution in [-0.2, 0) is 30.7 Å². The van der Waals surface area contributed by atoms with E-state index < -0.39 is 23.4 Å². The van der Waals surface area contributed by atoms with Crippen LogP contribution in [0.1, 0.15) is 39.3 Å². The number of fused-ring (bicyclic) bond motifs is 2. The lowest BCUT2D eigenvalue weighted by Crippen LogP contribution is -2.31. The summed E-state index contributed by atoms with van der Waals surface area (Å²) in [6.45, 7) is 0.974. The minimum absolute atomic E-state index is 0.0231. The van der Waals surface area contributed by atoms with Gasteiger partial charge in [0.15, 0.2) is 5.82 Å². The number of carboxylic acid groups (broad SMARTS) is 1. The van der Waals surface area contributed by atoms with Gasteiger partial charge in [0.05, 0.1) is 43.6 Å². The second-order valence-corrected chi connectivity index (χ2v) is 11.5. The maximum atomic E-state index is 16.1. The molecule has 10 nitrogen and oxygen atoms in total. The number of benzene rings is 3. The first kappa shape index (κ1) is 30.8. The Morgan fingerprint density at radius 3 is 2.66 bits per heavy atom. The molecule has 2 aliphatic heterocycles. The predicted molar refractivity (Wildman–Crippen MR) is 163 cm³/mol. The van der Waals surface area contributed by atoms with Gasteiger partial charge in [-0.1, -0.05) is 17.7 Å². The van der Waals surface area contributed by atoms with Crippen LogP contribution in [0.25, 0.3) is 22.3 Å². The smallest absolute Gasteiger partial charge is 0.335 e. The molecule has 2 aliphatic rings. The average Bonchev–Trinajstić information content (AvgIpc) is 3.65. The molecule has 0 saturated carbocycles. The highest BCUT2D eigenvalue weighted by atomic mass is 35.5. The molecular weight excluding hydrogens is 641 g/mol. The van der Waals surface area contributed by atoms with Crippen molar-refractivity contribution >= 4 is 28.6 Å². The molecule has 5 aromatic rings. The first-order chi connectivity index (χ1) is 22.7. The van der Waals surface area contributed by atoms with Crippen molar-refractivity contribution in [1.82, 2.24) is 19.5 Å². The summed E-state index contributed by atoms with van der Waals surface area (Å²) in [5, 5.41) is 9.93. The van der Waals surface area contributed by atoms with Crippen LogP contribution in [0.5, 0.6) is 17.5 Å². The van der Waals surface area contributed by atoms with Crippen molar-refractivity contribution in [2.45, 2.75) is 38.5 Å². The zero-order valence-electron chi connectivity index (χ0n) is 24.9. The highest BCUT2D eigenvalue weighted by Gasteiger charge is 2.30. The number of aromatic carboxylic acids is 1. The van der Waals surface area contributed by atoms with Crippen LogP contribution in [0.4, 0.5) is 13.2 Å². The first-order valence-corrected chi connectivity index (χ1v) is 15.1. The molecule has 0 unspecified atom stereocenters. The highest BCUT2D eigenvalue weighted by molar-refractivity contribution is 6.30. The Kier molecular flexibility index (Phi) is 8.10. The molecule has 47 heavy (non-hydrogen) atoms. The van der Waals surface area contributed by atoms with Crippen LogP contribution >= 0.6 is 11.6 Å². The monoisotopic (exact) mass is 666 g/mol. The summed E-state index contributed by atoms with van der Waals surface area (Å²) in [7, 11) is 1.43. The largest absolute Gasteiger partial charge is 0.494 e. The van der Waals surface area contributed by atoms with E-state index in [0.29, 0.717) is 47.6 Å². The Morgan fingerprint density at radius 2 is 1.94 bits per heavy atom. The normalized spacial score (nSPS) is 15.3. The quantitative estimate of drug-likeness (QED) is 0.187. The van der Waals surface area contributed by atoms with Gasteiger partial charge in [-0.15, -0.1) is 0 Å². The lowest BCUT2D eigenvalue weighted by atomic mass is 9.96. The average molecular weight is 667 g/mol. The molecule has 1 atom stereocenters. The lowest BCUT2D eigenvalue weighted by Gasteiger charge is -2.27. The molecule has 1 saturated heterocycles. The number of rotatable bonds is 10. The van der Waals surface area contributed by atoms with Crippen molar-refractivity contribution in [3.05, 3.63) is 93.1 Å². The first-order valence-electron chi connectivity index (χ1n) is 14.7. The van der Waals surface area contributed by atoms with Crippen LogP contribution in [-0.4, -0.2) is 57.0 Å². The summed E-state index contributed by atoms with van der Waals surface area (Å²) in [5.41, 5.74) is 1.83. The van der Waals surface area contributed by atoms with Gasteiger partial charge in [-0.3, -0.25) is 0 Å². The third-order valence-corrected chi connectivity index (χ3v) is 8.50. The van der Waals surface area contributed by atoms with E-state index in [1.807, 2.05) is 4.57 Å². The Morgan fingerprint density at radius 1 is 1.11 bits per heavy atom. The molecule has 0 aliphatic carbocycles. The minimum atomic E-state index is -1.13. The Bertz CT molecular complexity index is 2050.